The average molecular weight is 143 g/mol. The van der Waals surface area contributed by atoms with Gasteiger partial charge in [0.15, 0.2) is 0 Å². The van der Waals surface area contributed by atoms with Crippen molar-refractivity contribution in [2.45, 2.75) is 45.4 Å². The zero-order valence-corrected chi connectivity index (χ0v) is 7.04. The molecule has 60 valence electrons. The zero-order valence-electron chi connectivity index (χ0n) is 7.04. The Morgan fingerprint density at radius 1 is 1.50 bits per heavy atom. The van der Waals surface area contributed by atoms with Crippen LogP contribution in [0.1, 0.15) is 27.2 Å². The molecule has 2 nitrogen and oxygen atoms in total. The molecule has 1 N–H and O–H groups in total. The minimum atomic E-state index is -0.0857. The van der Waals surface area contributed by atoms with Crippen LogP contribution < -0.4 is 0 Å². The van der Waals surface area contributed by atoms with E-state index in [0.717, 1.165) is 13.0 Å². The van der Waals surface area contributed by atoms with Crippen LogP contribution in [0.25, 0.3) is 0 Å². The Kier molecular flexibility index (Phi) is 2.32. The quantitative estimate of drug-likeness (QED) is 0.588. The van der Waals surface area contributed by atoms with Gasteiger partial charge in [-0.3, -0.25) is 4.90 Å². The Hall–Kier alpha value is -0.0800. The van der Waals surface area contributed by atoms with Gasteiger partial charge < -0.3 is 5.11 Å². The van der Waals surface area contributed by atoms with Gasteiger partial charge in [-0.25, -0.2) is 0 Å². The number of likely N-dealkylation sites (tertiary alicyclic amines) is 1. The monoisotopic (exact) mass is 143 g/mol. The minimum Gasteiger partial charge on any atom is -0.392 e. The topological polar surface area (TPSA) is 23.5 Å². The van der Waals surface area contributed by atoms with Gasteiger partial charge >= 0.3 is 0 Å². The van der Waals surface area contributed by atoms with E-state index in [4.69, 9.17) is 0 Å². The average Bonchev–Trinajstić information content (AvgIpc) is 2.10. The summed E-state index contributed by atoms with van der Waals surface area (Å²) in [5, 5.41) is 9.28. The van der Waals surface area contributed by atoms with Gasteiger partial charge in [-0.1, -0.05) is 0 Å². The van der Waals surface area contributed by atoms with E-state index >= 15 is 0 Å². The molecule has 0 spiro atoms. The van der Waals surface area contributed by atoms with Crippen LogP contribution in [-0.2, 0) is 0 Å². The molecule has 2 atom stereocenters. The molecule has 1 saturated heterocycles. The van der Waals surface area contributed by atoms with Crippen molar-refractivity contribution in [3.8, 4) is 0 Å². The van der Waals surface area contributed by atoms with Gasteiger partial charge in [0.25, 0.3) is 0 Å². The number of nitrogens with zero attached hydrogens (tertiary/aromatic N) is 1. The summed E-state index contributed by atoms with van der Waals surface area (Å²) in [4.78, 5) is 2.34. The fourth-order valence-electron chi connectivity index (χ4n) is 1.75. The molecule has 1 fully saturated rings. The second-order valence-corrected chi connectivity index (χ2v) is 3.53. The molecule has 1 rings (SSSR count). The number of aliphatic hydroxyl groups is 1. The summed E-state index contributed by atoms with van der Waals surface area (Å²) in [7, 11) is 0. The van der Waals surface area contributed by atoms with Gasteiger partial charge in [-0.2, -0.15) is 0 Å². The molecule has 0 bridgehead atoms. The van der Waals surface area contributed by atoms with Gasteiger partial charge in [0.2, 0.25) is 0 Å². The highest BCUT2D eigenvalue weighted by Gasteiger charge is 2.28. The van der Waals surface area contributed by atoms with Gasteiger partial charge in [0, 0.05) is 18.6 Å². The van der Waals surface area contributed by atoms with Crippen molar-refractivity contribution in [2.75, 3.05) is 6.54 Å². The van der Waals surface area contributed by atoms with Crippen molar-refractivity contribution in [3.05, 3.63) is 0 Å². The maximum Gasteiger partial charge on any atom is 0.0682 e. The molecule has 0 aromatic carbocycles. The molecule has 1 aliphatic heterocycles. The van der Waals surface area contributed by atoms with Gasteiger partial charge in [-0.05, 0) is 27.2 Å². The van der Waals surface area contributed by atoms with E-state index in [1.54, 1.807) is 0 Å². The van der Waals surface area contributed by atoms with E-state index in [9.17, 15) is 5.11 Å². The first-order chi connectivity index (χ1) is 4.61. The third-order valence-electron chi connectivity index (χ3n) is 2.26. The Balaban J connectivity index is 2.46. The Labute approximate surface area is 62.8 Å². The highest BCUT2D eigenvalue weighted by molar-refractivity contribution is 4.83. The van der Waals surface area contributed by atoms with Crippen LogP contribution >= 0.6 is 0 Å². The van der Waals surface area contributed by atoms with Crippen LogP contribution in [-0.4, -0.2) is 34.7 Å². The molecular weight excluding hydrogens is 126 g/mol. The summed E-state index contributed by atoms with van der Waals surface area (Å²) in [6.45, 7) is 7.39. The van der Waals surface area contributed by atoms with Gasteiger partial charge in [0.05, 0.1) is 6.10 Å². The lowest BCUT2D eigenvalue weighted by atomic mass is 10.2. The largest absolute Gasteiger partial charge is 0.392 e. The van der Waals surface area contributed by atoms with E-state index < -0.39 is 0 Å². The van der Waals surface area contributed by atoms with Crippen molar-refractivity contribution < 1.29 is 5.11 Å². The highest BCUT2D eigenvalue weighted by atomic mass is 16.3. The van der Waals surface area contributed by atoms with E-state index in [1.807, 2.05) is 0 Å². The van der Waals surface area contributed by atoms with E-state index in [-0.39, 0.29) is 6.10 Å². The summed E-state index contributed by atoms with van der Waals surface area (Å²) in [6.07, 6.45) is 0.857. The highest BCUT2D eigenvalue weighted by Crippen LogP contribution is 2.19. The lowest BCUT2D eigenvalue weighted by Crippen LogP contribution is -2.34. The molecule has 2 heteroatoms. The Morgan fingerprint density at radius 2 is 2.10 bits per heavy atom. The maximum absolute atomic E-state index is 9.28. The molecule has 10 heavy (non-hydrogen) atoms. The van der Waals surface area contributed by atoms with E-state index in [0.29, 0.717) is 12.1 Å². The molecule has 0 aromatic heterocycles. The first kappa shape index (κ1) is 8.02. The Morgan fingerprint density at radius 3 is 2.30 bits per heavy atom. The standard InChI is InChI=1S/C8H17NO/c1-6(2)9-5-8(10)4-7(9)3/h6-8,10H,4-5H2,1-3H3/t7-,8-/m1/s1. The summed E-state index contributed by atoms with van der Waals surface area (Å²) in [6, 6.07) is 1.14. The van der Waals surface area contributed by atoms with Crippen LogP contribution in [0.3, 0.4) is 0 Å². The van der Waals surface area contributed by atoms with Crippen molar-refractivity contribution in [2.24, 2.45) is 0 Å². The fourth-order valence-corrected chi connectivity index (χ4v) is 1.75. The first-order valence-electron chi connectivity index (χ1n) is 4.05. The van der Waals surface area contributed by atoms with Crippen LogP contribution in [0.2, 0.25) is 0 Å². The fraction of sp³-hybridized carbons (Fsp3) is 1.00. The summed E-state index contributed by atoms with van der Waals surface area (Å²) < 4.78 is 0. The number of aliphatic hydroxyl groups excluding tert-OH is 1. The van der Waals surface area contributed by atoms with Crippen LogP contribution in [0, 0.1) is 0 Å². The molecule has 1 aliphatic rings. The third kappa shape index (κ3) is 1.50. The van der Waals surface area contributed by atoms with E-state index in [1.165, 1.54) is 0 Å². The normalized spacial score (nSPS) is 35.7. The maximum atomic E-state index is 9.28. The molecular formula is C8H17NO. The lowest BCUT2D eigenvalue weighted by Gasteiger charge is -2.24. The zero-order chi connectivity index (χ0) is 7.72. The second kappa shape index (κ2) is 2.89. The molecule has 1 heterocycles. The summed E-state index contributed by atoms with van der Waals surface area (Å²) in [5.74, 6) is 0. The number of hydrogen-bond acceptors (Lipinski definition) is 2. The smallest absolute Gasteiger partial charge is 0.0682 e. The molecule has 0 amide bonds. The minimum absolute atomic E-state index is 0.0857. The first-order valence-corrected chi connectivity index (χ1v) is 4.05. The molecule has 0 radical (unpaired) electrons. The van der Waals surface area contributed by atoms with Crippen molar-refractivity contribution in [1.29, 1.82) is 0 Å². The van der Waals surface area contributed by atoms with Crippen molar-refractivity contribution in [1.82, 2.24) is 4.90 Å². The molecule has 0 unspecified atom stereocenters. The van der Waals surface area contributed by atoms with Crippen LogP contribution in [0.15, 0.2) is 0 Å². The Bertz CT molecular complexity index is 114. The van der Waals surface area contributed by atoms with Crippen molar-refractivity contribution in [3.63, 3.8) is 0 Å². The summed E-state index contributed by atoms with van der Waals surface area (Å²) >= 11 is 0. The van der Waals surface area contributed by atoms with E-state index in [2.05, 4.69) is 25.7 Å². The second-order valence-electron chi connectivity index (χ2n) is 3.53. The van der Waals surface area contributed by atoms with Gasteiger partial charge in [-0.15, -0.1) is 0 Å². The van der Waals surface area contributed by atoms with Gasteiger partial charge in [0.1, 0.15) is 0 Å². The molecule has 0 saturated carbocycles. The molecule has 0 aromatic rings. The van der Waals surface area contributed by atoms with Crippen molar-refractivity contribution >= 4 is 0 Å². The van der Waals surface area contributed by atoms with Crippen LogP contribution in [0.5, 0.6) is 0 Å². The predicted molar refractivity (Wildman–Crippen MR) is 41.9 cm³/mol. The van der Waals surface area contributed by atoms with Crippen LogP contribution in [0.4, 0.5) is 0 Å². The summed E-state index contributed by atoms with van der Waals surface area (Å²) in [5.41, 5.74) is 0. The molecule has 0 aliphatic carbocycles. The SMILES string of the molecule is CC(C)N1C[C@H](O)C[C@H]1C. The number of hydrogen-bond donors (Lipinski definition) is 1. The predicted octanol–water partition coefficient (Wildman–Crippen LogP) is 0.850. The number of rotatable bonds is 1. The third-order valence-corrected chi connectivity index (χ3v) is 2.26. The number of β-amino-alcohol motifs (C(OH)–C–C–N with tert-alkyl or cyclic N) is 1. The lowest BCUT2D eigenvalue weighted by molar-refractivity contribution is 0.161.